The van der Waals surface area contributed by atoms with Gasteiger partial charge >= 0.3 is 0 Å². The summed E-state index contributed by atoms with van der Waals surface area (Å²) >= 11 is 0. The molecule has 2 rings (SSSR count). The molecule has 1 aliphatic carbocycles. The van der Waals surface area contributed by atoms with Gasteiger partial charge in [0.1, 0.15) is 0 Å². The molecule has 1 aliphatic heterocycles. The third-order valence-corrected chi connectivity index (χ3v) is 4.47. The Balaban J connectivity index is 1.91. The first-order valence-corrected chi connectivity index (χ1v) is 6.88. The molecule has 0 radical (unpaired) electrons. The summed E-state index contributed by atoms with van der Waals surface area (Å²) in [5, 5.41) is 17.6. The highest BCUT2D eigenvalue weighted by Gasteiger charge is 2.39. The quantitative estimate of drug-likeness (QED) is 0.667. The van der Waals surface area contributed by atoms with E-state index in [0.717, 1.165) is 38.6 Å². The lowest BCUT2D eigenvalue weighted by Crippen LogP contribution is -2.53. The molecule has 16 heavy (non-hydrogen) atoms. The van der Waals surface area contributed by atoms with Crippen LogP contribution in [0.4, 0.5) is 0 Å². The number of hydrogen-bond donors (Lipinski definition) is 3. The predicted octanol–water partition coefficient (Wildman–Crippen LogP) is 1.41. The molecule has 0 spiro atoms. The topological polar surface area (TPSA) is 44.3 Å². The van der Waals surface area contributed by atoms with E-state index in [4.69, 9.17) is 0 Å². The van der Waals surface area contributed by atoms with Crippen LogP contribution in [0.5, 0.6) is 0 Å². The largest absolute Gasteiger partial charge is 0.388 e. The Morgan fingerprint density at radius 3 is 2.56 bits per heavy atom. The van der Waals surface area contributed by atoms with Gasteiger partial charge in [-0.15, -0.1) is 0 Å². The molecule has 1 heterocycles. The molecule has 1 saturated heterocycles. The van der Waals surface area contributed by atoms with Crippen molar-refractivity contribution in [2.24, 2.45) is 0 Å². The Morgan fingerprint density at radius 1 is 1.12 bits per heavy atom. The second-order valence-electron chi connectivity index (χ2n) is 5.52. The van der Waals surface area contributed by atoms with Crippen LogP contribution in [-0.4, -0.2) is 36.4 Å². The monoisotopic (exact) mass is 226 g/mol. The third kappa shape index (κ3) is 2.76. The third-order valence-electron chi connectivity index (χ3n) is 4.47. The van der Waals surface area contributed by atoms with E-state index in [1.54, 1.807) is 0 Å². The lowest BCUT2D eigenvalue weighted by molar-refractivity contribution is -0.0370. The van der Waals surface area contributed by atoms with Gasteiger partial charge in [0.25, 0.3) is 0 Å². The molecule has 0 aromatic carbocycles. The maximum atomic E-state index is 10.7. The van der Waals surface area contributed by atoms with Crippen molar-refractivity contribution in [1.29, 1.82) is 0 Å². The molecule has 0 aromatic heterocycles. The minimum Gasteiger partial charge on any atom is -0.388 e. The maximum absolute atomic E-state index is 10.7. The first kappa shape index (κ1) is 12.3. The average molecular weight is 226 g/mol. The Morgan fingerprint density at radius 2 is 1.88 bits per heavy atom. The molecule has 2 fully saturated rings. The van der Waals surface area contributed by atoms with Gasteiger partial charge in [0, 0.05) is 12.1 Å². The van der Waals surface area contributed by atoms with E-state index in [1.807, 2.05) is 7.05 Å². The minimum atomic E-state index is -0.433. The van der Waals surface area contributed by atoms with Gasteiger partial charge in [0.15, 0.2) is 0 Å². The number of hydrogen-bond acceptors (Lipinski definition) is 3. The van der Waals surface area contributed by atoms with Crippen LogP contribution in [0.2, 0.25) is 0 Å². The van der Waals surface area contributed by atoms with Gasteiger partial charge in [0.05, 0.1) is 5.60 Å². The predicted molar refractivity (Wildman–Crippen MR) is 66.5 cm³/mol. The second-order valence-corrected chi connectivity index (χ2v) is 5.52. The van der Waals surface area contributed by atoms with Crippen LogP contribution >= 0.6 is 0 Å². The minimum absolute atomic E-state index is 0.341. The molecule has 0 bridgehead atoms. The van der Waals surface area contributed by atoms with Crippen LogP contribution in [0, 0.1) is 0 Å². The van der Waals surface area contributed by atoms with Crippen molar-refractivity contribution in [3.8, 4) is 0 Å². The normalized spacial score (nSPS) is 41.6. The molecule has 2 aliphatic rings. The summed E-state index contributed by atoms with van der Waals surface area (Å²) in [6, 6.07) is 0.957. The molecule has 94 valence electrons. The molecule has 3 nitrogen and oxygen atoms in total. The van der Waals surface area contributed by atoms with Crippen LogP contribution in [0.15, 0.2) is 0 Å². The molecule has 3 heteroatoms. The zero-order valence-corrected chi connectivity index (χ0v) is 10.5. The van der Waals surface area contributed by atoms with E-state index in [0.29, 0.717) is 12.1 Å². The van der Waals surface area contributed by atoms with Crippen LogP contribution in [0.1, 0.15) is 51.4 Å². The Kier molecular flexibility index (Phi) is 4.22. The van der Waals surface area contributed by atoms with E-state index < -0.39 is 5.60 Å². The smallest absolute Gasteiger partial charge is 0.0801 e. The van der Waals surface area contributed by atoms with Crippen molar-refractivity contribution in [3.63, 3.8) is 0 Å². The fourth-order valence-corrected chi connectivity index (χ4v) is 3.24. The van der Waals surface area contributed by atoms with Crippen molar-refractivity contribution >= 4 is 0 Å². The van der Waals surface area contributed by atoms with E-state index in [9.17, 15) is 5.11 Å². The van der Waals surface area contributed by atoms with Gasteiger partial charge in [-0.25, -0.2) is 0 Å². The highest BCUT2D eigenvalue weighted by molar-refractivity contribution is 4.97. The van der Waals surface area contributed by atoms with Gasteiger partial charge in [0.2, 0.25) is 0 Å². The van der Waals surface area contributed by atoms with E-state index in [1.165, 1.54) is 19.3 Å². The van der Waals surface area contributed by atoms with Crippen molar-refractivity contribution < 1.29 is 5.11 Å². The zero-order valence-electron chi connectivity index (χ0n) is 10.5. The van der Waals surface area contributed by atoms with Crippen molar-refractivity contribution in [2.45, 2.75) is 69.1 Å². The molecule has 0 aromatic rings. The molecule has 1 saturated carbocycles. The van der Waals surface area contributed by atoms with Crippen LogP contribution in [0.3, 0.4) is 0 Å². The summed E-state index contributed by atoms with van der Waals surface area (Å²) in [5.41, 5.74) is -0.433. The molecule has 1 atom stereocenters. The molecular weight excluding hydrogens is 200 g/mol. The first-order chi connectivity index (χ1) is 7.74. The van der Waals surface area contributed by atoms with Crippen LogP contribution < -0.4 is 10.6 Å². The first-order valence-electron chi connectivity index (χ1n) is 6.88. The molecular formula is C13H26N2O. The van der Waals surface area contributed by atoms with E-state index in [2.05, 4.69) is 10.6 Å². The lowest BCUT2D eigenvalue weighted by atomic mass is 9.76. The summed E-state index contributed by atoms with van der Waals surface area (Å²) in [7, 11) is 2.03. The standard InChI is InChI=1S/C13H26N2O/c1-14-11-6-8-13(16,9-7-11)12-5-3-2-4-10-15-12/h11-12,14-16H,2-10H2,1H3. The fraction of sp³-hybridized carbons (Fsp3) is 1.00. The van der Waals surface area contributed by atoms with Crippen molar-refractivity contribution in [1.82, 2.24) is 10.6 Å². The highest BCUT2D eigenvalue weighted by atomic mass is 16.3. The fourth-order valence-electron chi connectivity index (χ4n) is 3.24. The molecule has 1 unspecified atom stereocenters. The number of aliphatic hydroxyl groups is 1. The summed E-state index contributed by atoms with van der Waals surface area (Å²) in [4.78, 5) is 0. The Labute approximate surface area is 99.0 Å². The average Bonchev–Trinajstić information content (AvgIpc) is 2.59. The summed E-state index contributed by atoms with van der Waals surface area (Å²) in [6.07, 6.45) is 9.16. The highest BCUT2D eigenvalue weighted by Crippen LogP contribution is 2.33. The van der Waals surface area contributed by atoms with Gasteiger partial charge in [-0.1, -0.05) is 12.8 Å². The number of rotatable bonds is 2. The summed E-state index contributed by atoms with van der Waals surface area (Å²) < 4.78 is 0. The lowest BCUT2D eigenvalue weighted by Gasteiger charge is -2.41. The SMILES string of the molecule is CNC1CCC(O)(C2CCCCCN2)CC1. The zero-order chi connectivity index (χ0) is 11.4. The van der Waals surface area contributed by atoms with Gasteiger partial charge in [-0.3, -0.25) is 0 Å². The van der Waals surface area contributed by atoms with Crippen LogP contribution in [-0.2, 0) is 0 Å². The van der Waals surface area contributed by atoms with Crippen molar-refractivity contribution in [2.75, 3.05) is 13.6 Å². The van der Waals surface area contributed by atoms with E-state index in [-0.39, 0.29) is 0 Å². The molecule has 3 N–H and O–H groups in total. The van der Waals surface area contributed by atoms with E-state index >= 15 is 0 Å². The van der Waals surface area contributed by atoms with Gasteiger partial charge < -0.3 is 15.7 Å². The Bertz CT molecular complexity index is 204. The van der Waals surface area contributed by atoms with Crippen molar-refractivity contribution in [3.05, 3.63) is 0 Å². The van der Waals surface area contributed by atoms with Gasteiger partial charge in [-0.2, -0.15) is 0 Å². The molecule has 0 amide bonds. The van der Waals surface area contributed by atoms with Crippen LogP contribution in [0.25, 0.3) is 0 Å². The summed E-state index contributed by atoms with van der Waals surface area (Å²) in [5.74, 6) is 0. The summed E-state index contributed by atoms with van der Waals surface area (Å²) in [6.45, 7) is 1.09. The Hall–Kier alpha value is -0.120. The second kappa shape index (κ2) is 5.48. The van der Waals surface area contributed by atoms with Gasteiger partial charge in [-0.05, 0) is 52.1 Å². The number of nitrogens with one attached hydrogen (secondary N) is 2. The maximum Gasteiger partial charge on any atom is 0.0801 e.